The summed E-state index contributed by atoms with van der Waals surface area (Å²) in [4.78, 5) is 66.3. The molecule has 0 aliphatic carbocycles. The van der Waals surface area contributed by atoms with Crippen LogP contribution in [0.5, 0.6) is 0 Å². The van der Waals surface area contributed by atoms with Crippen molar-refractivity contribution in [1.82, 2.24) is 15.5 Å². The van der Waals surface area contributed by atoms with E-state index in [1.807, 2.05) is 0 Å². The normalized spacial score (nSPS) is 18.0. The largest absolute Gasteiger partial charge is 0.480 e. The highest BCUT2D eigenvalue weighted by molar-refractivity contribution is 5.95. The van der Waals surface area contributed by atoms with Crippen LogP contribution in [0.15, 0.2) is 4.99 Å². The number of aliphatic carboxylic acids is 1. The maximum absolute atomic E-state index is 13.3. The molecule has 14 nitrogen and oxygen atoms in total. The van der Waals surface area contributed by atoms with E-state index >= 15 is 0 Å². The minimum atomic E-state index is -1.51. The maximum atomic E-state index is 13.3. The Labute approximate surface area is 197 Å². The molecule has 1 rings (SSSR count). The van der Waals surface area contributed by atoms with Crippen LogP contribution in [0.3, 0.4) is 0 Å². The molecule has 1 heterocycles. The fourth-order valence-electron chi connectivity index (χ4n) is 3.50. The lowest BCUT2D eigenvalue weighted by molar-refractivity contribution is -0.146. The third kappa shape index (κ3) is 8.84. The van der Waals surface area contributed by atoms with Gasteiger partial charge < -0.3 is 43.6 Å². The van der Waals surface area contributed by atoms with Gasteiger partial charge in [0.1, 0.15) is 18.1 Å². The van der Waals surface area contributed by atoms with Crippen LogP contribution in [0.25, 0.3) is 0 Å². The molecule has 0 saturated carbocycles. The van der Waals surface area contributed by atoms with Gasteiger partial charge in [-0.25, -0.2) is 4.79 Å². The molecule has 4 unspecified atom stereocenters. The van der Waals surface area contributed by atoms with Crippen molar-refractivity contribution in [3.05, 3.63) is 0 Å². The first-order chi connectivity index (χ1) is 15.8. The van der Waals surface area contributed by atoms with Crippen molar-refractivity contribution in [3.63, 3.8) is 0 Å². The molecule has 4 amide bonds. The summed E-state index contributed by atoms with van der Waals surface area (Å²) in [7, 11) is 0. The molecule has 1 saturated heterocycles. The molecule has 0 aromatic rings. The molecule has 0 aromatic heterocycles. The first kappa shape index (κ1) is 28.6. The van der Waals surface area contributed by atoms with E-state index in [0.29, 0.717) is 19.3 Å². The highest BCUT2D eigenvalue weighted by atomic mass is 16.4. The van der Waals surface area contributed by atoms with Gasteiger partial charge in [-0.2, -0.15) is 0 Å². The molecule has 1 aliphatic rings. The van der Waals surface area contributed by atoms with Crippen LogP contribution >= 0.6 is 0 Å². The number of carbonyl (C=O) groups is 5. The molecule has 4 atom stereocenters. The summed E-state index contributed by atoms with van der Waals surface area (Å²) in [6.45, 7) is 4.01. The summed E-state index contributed by atoms with van der Waals surface area (Å²) >= 11 is 0. The van der Waals surface area contributed by atoms with Gasteiger partial charge in [0, 0.05) is 13.1 Å². The van der Waals surface area contributed by atoms with E-state index in [4.69, 9.17) is 22.9 Å². The van der Waals surface area contributed by atoms with Gasteiger partial charge in [0.15, 0.2) is 5.96 Å². The molecule has 0 bridgehead atoms. The molecule has 0 spiro atoms. The second kappa shape index (κ2) is 13.3. The minimum Gasteiger partial charge on any atom is -0.480 e. The van der Waals surface area contributed by atoms with Gasteiger partial charge in [-0.05, 0) is 31.6 Å². The fraction of sp³-hybridized carbons (Fsp3) is 0.700. The molecule has 192 valence electrons. The van der Waals surface area contributed by atoms with Crippen LogP contribution in [-0.4, -0.2) is 82.8 Å². The zero-order valence-corrected chi connectivity index (χ0v) is 19.5. The molecular weight excluding hydrogens is 448 g/mol. The van der Waals surface area contributed by atoms with E-state index in [0.717, 1.165) is 0 Å². The van der Waals surface area contributed by atoms with Gasteiger partial charge in [-0.15, -0.1) is 0 Å². The molecule has 11 N–H and O–H groups in total. The van der Waals surface area contributed by atoms with Crippen LogP contribution in [0.1, 0.15) is 46.0 Å². The van der Waals surface area contributed by atoms with Crippen LogP contribution in [0.4, 0.5) is 0 Å². The number of amides is 4. The number of nitrogens with two attached hydrogens (primary N) is 4. The summed E-state index contributed by atoms with van der Waals surface area (Å²) in [5.74, 6) is -4.32. The SMILES string of the molecule is CC(C)C(N)C(=O)NC(CCCN=C(N)N)C(=O)N1CCCC1C(=O)NC(CC(N)=O)C(=O)O. The Morgan fingerprint density at radius 3 is 2.26 bits per heavy atom. The lowest BCUT2D eigenvalue weighted by Gasteiger charge is -2.30. The van der Waals surface area contributed by atoms with E-state index < -0.39 is 60.2 Å². The Morgan fingerprint density at radius 1 is 1.09 bits per heavy atom. The molecule has 34 heavy (non-hydrogen) atoms. The lowest BCUT2D eigenvalue weighted by Crippen LogP contribution is -2.57. The number of aliphatic imine (C=N–C) groups is 1. The number of hydrogen-bond acceptors (Lipinski definition) is 7. The van der Waals surface area contributed by atoms with Gasteiger partial charge in [0.2, 0.25) is 23.6 Å². The number of carboxylic acid groups (broad SMARTS) is 1. The second-order valence-corrected chi connectivity index (χ2v) is 8.54. The molecule has 0 radical (unpaired) electrons. The summed E-state index contributed by atoms with van der Waals surface area (Å²) in [6, 6.07) is -4.30. The zero-order valence-electron chi connectivity index (χ0n) is 19.5. The maximum Gasteiger partial charge on any atom is 0.326 e. The minimum absolute atomic E-state index is 0.103. The van der Waals surface area contributed by atoms with Crippen molar-refractivity contribution in [2.75, 3.05) is 13.1 Å². The quantitative estimate of drug-likeness (QED) is 0.0795. The highest BCUT2D eigenvalue weighted by Gasteiger charge is 2.39. The van der Waals surface area contributed by atoms with Gasteiger partial charge in [-0.3, -0.25) is 24.2 Å². The molecule has 14 heteroatoms. The standard InChI is InChI=1S/C20H36N8O6/c1-10(2)15(22)17(31)26-11(5-3-7-25-20(23)24)18(32)28-8-4-6-13(28)16(30)27-12(19(33)34)9-14(21)29/h10-13,15H,3-9,22H2,1-2H3,(H2,21,29)(H,26,31)(H,27,30)(H,33,34)(H4,23,24,25). The Hall–Kier alpha value is -3.42. The third-order valence-electron chi connectivity index (χ3n) is 5.44. The number of nitrogens with zero attached hydrogens (tertiary/aromatic N) is 2. The molecule has 1 fully saturated rings. The lowest BCUT2D eigenvalue weighted by atomic mass is 10.0. The van der Waals surface area contributed by atoms with Gasteiger partial charge in [0.05, 0.1) is 12.5 Å². The summed E-state index contributed by atoms with van der Waals surface area (Å²) in [5.41, 5.74) is 21.6. The Balaban J connectivity index is 3.00. The third-order valence-corrected chi connectivity index (χ3v) is 5.44. The van der Waals surface area contributed by atoms with Crippen LogP contribution in [0, 0.1) is 5.92 Å². The number of rotatable bonds is 13. The van der Waals surface area contributed by atoms with Crippen molar-refractivity contribution in [1.29, 1.82) is 0 Å². The monoisotopic (exact) mass is 484 g/mol. The van der Waals surface area contributed by atoms with Crippen molar-refractivity contribution < 1.29 is 29.1 Å². The van der Waals surface area contributed by atoms with Crippen molar-refractivity contribution >= 4 is 35.6 Å². The summed E-state index contributed by atoms with van der Waals surface area (Å²) < 4.78 is 0. The summed E-state index contributed by atoms with van der Waals surface area (Å²) in [5, 5.41) is 14.2. The number of hydrogen-bond donors (Lipinski definition) is 7. The van der Waals surface area contributed by atoms with Crippen LogP contribution in [-0.2, 0) is 24.0 Å². The molecular formula is C20H36N8O6. The van der Waals surface area contributed by atoms with Crippen LogP contribution in [0.2, 0.25) is 0 Å². The van der Waals surface area contributed by atoms with E-state index in [9.17, 15) is 29.1 Å². The van der Waals surface area contributed by atoms with E-state index in [1.165, 1.54) is 4.90 Å². The Bertz CT molecular complexity index is 798. The number of nitrogens with one attached hydrogen (secondary N) is 2. The van der Waals surface area contributed by atoms with Gasteiger partial charge in [0.25, 0.3) is 0 Å². The number of guanidine groups is 1. The van der Waals surface area contributed by atoms with E-state index in [1.54, 1.807) is 13.8 Å². The van der Waals surface area contributed by atoms with Gasteiger partial charge >= 0.3 is 5.97 Å². The van der Waals surface area contributed by atoms with Gasteiger partial charge in [-0.1, -0.05) is 13.8 Å². The number of carboxylic acids is 1. The zero-order chi connectivity index (χ0) is 26.0. The van der Waals surface area contributed by atoms with Crippen molar-refractivity contribution in [3.8, 4) is 0 Å². The van der Waals surface area contributed by atoms with Crippen molar-refractivity contribution in [2.24, 2.45) is 33.8 Å². The van der Waals surface area contributed by atoms with Crippen molar-refractivity contribution in [2.45, 2.75) is 70.1 Å². The number of carbonyl (C=O) groups excluding carboxylic acids is 4. The number of primary amides is 1. The Kier molecular flexibility index (Phi) is 11.2. The molecule has 1 aliphatic heterocycles. The predicted molar refractivity (Wildman–Crippen MR) is 123 cm³/mol. The predicted octanol–water partition coefficient (Wildman–Crippen LogP) is -3.06. The smallest absolute Gasteiger partial charge is 0.326 e. The van der Waals surface area contributed by atoms with Crippen LogP contribution < -0.4 is 33.6 Å². The topological polar surface area (TPSA) is 249 Å². The average Bonchev–Trinajstić information content (AvgIpc) is 3.23. The number of likely N-dealkylation sites (tertiary alicyclic amines) is 1. The fourth-order valence-corrected chi connectivity index (χ4v) is 3.50. The first-order valence-electron chi connectivity index (χ1n) is 11.1. The molecule has 0 aromatic carbocycles. The second-order valence-electron chi connectivity index (χ2n) is 8.54. The highest BCUT2D eigenvalue weighted by Crippen LogP contribution is 2.20. The summed E-state index contributed by atoms with van der Waals surface area (Å²) in [6.07, 6.45) is 0.767. The first-order valence-corrected chi connectivity index (χ1v) is 11.1. The van der Waals surface area contributed by atoms with E-state index in [-0.39, 0.29) is 31.4 Å². The Morgan fingerprint density at radius 2 is 1.74 bits per heavy atom. The van der Waals surface area contributed by atoms with E-state index in [2.05, 4.69) is 15.6 Å². The average molecular weight is 485 g/mol.